The zero-order valence-corrected chi connectivity index (χ0v) is 9.95. The molecule has 3 unspecified atom stereocenters. The number of piperidine rings is 1. The number of rotatable bonds is 2. The van der Waals surface area contributed by atoms with E-state index >= 15 is 0 Å². The van der Waals surface area contributed by atoms with E-state index < -0.39 is 0 Å². The van der Waals surface area contributed by atoms with E-state index in [0.717, 1.165) is 11.6 Å². The molecular formula is C12H16ClN3. The summed E-state index contributed by atoms with van der Waals surface area (Å²) in [4.78, 5) is 6.65. The fourth-order valence-electron chi connectivity index (χ4n) is 2.83. The van der Waals surface area contributed by atoms with Crippen LogP contribution in [0.25, 0.3) is 0 Å². The molecule has 0 aromatic carbocycles. The first-order chi connectivity index (χ1) is 7.83. The predicted molar refractivity (Wildman–Crippen MR) is 65.8 cm³/mol. The van der Waals surface area contributed by atoms with Crippen molar-refractivity contribution >= 4 is 17.3 Å². The van der Waals surface area contributed by atoms with Gasteiger partial charge in [0, 0.05) is 25.3 Å². The van der Waals surface area contributed by atoms with Crippen LogP contribution in [0.1, 0.15) is 12.8 Å². The average Bonchev–Trinajstić information content (AvgIpc) is 2.68. The Labute approximate surface area is 101 Å². The number of fused-ring (bicyclic) bond motifs is 2. The third-order valence-electron chi connectivity index (χ3n) is 3.73. The Kier molecular flexibility index (Phi) is 2.74. The predicted octanol–water partition coefficient (Wildman–Crippen LogP) is 2.24. The third kappa shape index (κ3) is 1.89. The molecule has 1 aromatic rings. The second-order valence-corrected chi connectivity index (χ2v) is 5.09. The SMILES string of the molecule is Clc1ncccc1NC1CCN2CCC1C2. The molecule has 3 atom stereocenters. The van der Waals surface area contributed by atoms with E-state index in [9.17, 15) is 0 Å². The summed E-state index contributed by atoms with van der Waals surface area (Å²) in [6.07, 6.45) is 4.26. The van der Waals surface area contributed by atoms with Gasteiger partial charge in [-0.3, -0.25) is 0 Å². The Balaban J connectivity index is 1.73. The highest BCUT2D eigenvalue weighted by atomic mass is 35.5. The number of nitrogens with zero attached hydrogens (tertiary/aromatic N) is 2. The van der Waals surface area contributed by atoms with E-state index in [2.05, 4.69) is 15.2 Å². The molecule has 3 rings (SSSR count). The molecule has 1 N–H and O–H groups in total. The normalized spacial score (nSPS) is 32.7. The zero-order valence-electron chi connectivity index (χ0n) is 9.19. The van der Waals surface area contributed by atoms with Gasteiger partial charge in [0.15, 0.2) is 5.15 Å². The van der Waals surface area contributed by atoms with Crippen LogP contribution in [0.15, 0.2) is 18.3 Å². The third-order valence-corrected chi connectivity index (χ3v) is 4.04. The number of hydrogen-bond donors (Lipinski definition) is 1. The van der Waals surface area contributed by atoms with Gasteiger partial charge in [0.05, 0.1) is 5.69 Å². The smallest absolute Gasteiger partial charge is 0.152 e. The molecule has 0 aliphatic carbocycles. The van der Waals surface area contributed by atoms with E-state index in [1.54, 1.807) is 6.20 Å². The fraction of sp³-hybridized carbons (Fsp3) is 0.583. The summed E-state index contributed by atoms with van der Waals surface area (Å²) >= 11 is 6.06. The molecule has 2 fully saturated rings. The maximum atomic E-state index is 6.06. The number of pyridine rings is 1. The fourth-order valence-corrected chi connectivity index (χ4v) is 3.01. The molecule has 3 heterocycles. The van der Waals surface area contributed by atoms with Crippen LogP contribution in [0.4, 0.5) is 5.69 Å². The minimum atomic E-state index is 0.570. The van der Waals surface area contributed by atoms with E-state index in [-0.39, 0.29) is 0 Å². The Hall–Kier alpha value is -0.800. The summed E-state index contributed by atoms with van der Waals surface area (Å²) in [6.45, 7) is 3.73. The summed E-state index contributed by atoms with van der Waals surface area (Å²) in [7, 11) is 0. The van der Waals surface area contributed by atoms with Gasteiger partial charge in [-0.15, -0.1) is 0 Å². The maximum absolute atomic E-state index is 6.06. The Bertz CT molecular complexity index is 382. The molecule has 2 aliphatic rings. The van der Waals surface area contributed by atoms with Crippen molar-refractivity contribution in [2.75, 3.05) is 25.0 Å². The van der Waals surface area contributed by atoms with E-state index in [1.165, 1.54) is 32.5 Å². The largest absolute Gasteiger partial charge is 0.379 e. The summed E-state index contributed by atoms with van der Waals surface area (Å²) in [5.74, 6) is 0.782. The van der Waals surface area contributed by atoms with Crippen molar-refractivity contribution in [2.45, 2.75) is 18.9 Å². The lowest BCUT2D eigenvalue weighted by molar-refractivity contribution is 0.255. The molecule has 1 aromatic heterocycles. The standard InChI is InChI=1S/C12H16ClN3/c13-12-11(2-1-5-14-12)15-10-4-7-16-6-3-9(10)8-16/h1-2,5,9-10,15H,3-4,6-8H2. The topological polar surface area (TPSA) is 28.2 Å². The minimum absolute atomic E-state index is 0.570. The van der Waals surface area contributed by atoms with Crippen molar-refractivity contribution in [3.8, 4) is 0 Å². The number of halogens is 1. The van der Waals surface area contributed by atoms with Crippen LogP contribution < -0.4 is 5.32 Å². The van der Waals surface area contributed by atoms with Gasteiger partial charge in [-0.2, -0.15) is 0 Å². The molecule has 4 heteroatoms. The number of aromatic nitrogens is 1. The molecule has 2 aliphatic heterocycles. The number of nitrogens with one attached hydrogen (secondary N) is 1. The first-order valence-electron chi connectivity index (χ1n) is 5.92. The molecule has 3 nitrogen and oxygen atoms in total. The van der Waals surface area contributed by atoms with Crippen molar-refractivity contribution in [3.63, 3.8) is 0 Å². The minimum Gasteiger partial charge on any atom is -0.379 e. The molecule has 2 bridgehead atoms. The number of hydrogen-bond acceptors (Lipinski definition) is 3. The highest BCUT2D eigenvalue weighted by molar-refractivity contribution is 6.31. The molecule has 16 heavy (non-hydrogen) atoms. The summed E-state index contributed by atoms with van der Waals surface area (Å²) < 4.78 is 0. The van der Waals surface area contributed by atoms with Crippen LogP contribution in [-0.4, -0.2) is 35.6 Å². The van der Waals surface area contributed by atoms with Crippen LogP contribution in [-0.2, 0) is 0 Å². The first-order valence-corrected chi connectivity index (χ1v) is 6.30. The van der Waals surface area contributed by atoms with Gasteiger partial charge in [0.1, 0.15) is 0 Å². The van der Waals surface area contributed by atoms with E-state index in [0.29, 0.717) is 11.2 Å². The van der Waals surface area contributed by atoms with Gasteiger partial charge in [-0.05, 0) is 37.4 Å². The molecule has 86 valence electrons. The highest BCUT2D eigenvalue weighted by Crippen LogP contribution is 2.30. The van der Waals surface area contributed by atoms with Crippen LogP contribution in [0.5, 0.6) is 0 Å². The van der Waals surface area contributed by atoms with Crippen LogP contribution in [0, 0.1) is 5.92 Å². The summed E-state index contributed by atoms with van der Waals surface area (Å²) in [6, 6.07) is 4.51. The maximum Gasteiger partial charge on any atom is 0.152 e. The van der Waals surface area contributed by atoms with Crippen molar-refractivity contribution in [1.29, 1.82) is 0 Å². The second kappa shape index (κ2) is 4.22. The lowest BCUT2D eigenvalue weighted by atomic mass is 9.94. The zero-order chi connectivity index (χ0) is 11.0. The van der Waals surface area contributed by atoms with Gasteiger partial charge in [-0.1, -0.05) is 11.6 Å². The average molecular weight is 238 g/mol. The van der Waals surface area contributed by atoms with Crippen LogP contribution >= 0.6 is 11.6 Å². The van der Waals surface area contributed by atoms with E-state index in [4.69, 9.17) is 11.6 Å². The molecule has 0 amide bonds. The van der Waals surface area contributed by atoms with Crippen molar-refractivity contribution in [3.05, 3.63) is 23.5 Å². The molecule has 0 radical (unpaired) electrons. The Morgan fingerprint density at radius 2 is 2.25 bits per heavy atom. The van der Waals surface area contributed by atoms with E-state index in [1.807, 2.05) is 12.1 Å². The van der Waals surface area contributed by atoms with Crippen molar-refractivity contribution in [1.82, 2.24) is 9.88 Å². The van der Waals surface area contributed by atoms with Crippen molar-refractivity contribution < 1.29 is 0 Å². The first kappa shape index (κ1) is 10.4. The quantitative estimate of drug-likeness (QED) is 0.800. The lowest BCUT2D eigenvalue weighted by Crippen LogP contribution is -2.39. The van der Waals surface area contributed by atoms with Gasteiger partial charge < -0.3 is 10.2 Å². The lowest BCUT2D eigenvalue weighted by Gasteiger charge is -2.31. The van der Waals surface area contributed by atoms with Gasteiger partial charge in [0.25, 0.3) is 0 Å². The highest BCUT2D eigenvalue weighted by Gasteiger charge is 2.34. The monoisotopic (exact) mass is 237 g/mol. The summed E-state index contributed by atoms with van der Waals surface area (Å²) in [5, 5.41) is 4.14. The molecule has 0 spiro atoms. The molecule has 2 saturated heterocycles. The van der Waals surface area contributed by atoms with Crippen LogP contribution in [0.3, 0.4) is 0 Å². The van der Waals surface area contributed by atoms with Gasteiger partial charge in [0.2, 0.25) is 0 Å². The van der Waals surface area contributed by atoms with Crippen molar-refractivity contribution in [2.24, 2.45) is 5.92 Å². The Morgan fingerprint density at radius 1 is 1.38 bits per heavy atom. The Morgan fingerprint density at radius 3 is 3.12 bits per heavy atom. The molecule has 0 saturated carbocycles. The summed E-state index contributed by atoms with van der Waals surface area (Å²) in [5.41, 5.74) is 0.981. The van der Waals surface area contributed by atoms with Gasteiger partial charge in [-0.25, -0.2) is 4.98 Å². The van der Waals surface area contributed by atoms with Gasteiger partial charge >= 0.3 is 0 Å². The number of anilines is 1. The second-order valence-electron chi connectivity index (χ2n) is 4.73. The molecular weight excluding hydrogens is 222 g/mol. The van der Waals surface area contributed by atoms with Crippen LogP contribution in [0.2, 0.25) is 5.15 Å².